The van der Waals surface area contributed by atoms with Crippen LogP contribution in [0, 0.1) is 41.4 Å². The summed E-state index contributed by atoms with van der Waals surface area (Å²) in [6.07, 6.45) is -8.65. The molecule has 8 rings (SSSR count). The number of carbonyl (C=O) groups is 2. The summed E-state index contributed by atoms with van der Waals surface area (Å²) in [6.45, 7) is 7.11. The summed E-state index contributed by atoms with van der Waals surface area (Å²) < 4.78 is 109. The van der Waals surface area contributed by atoms with Crippen LogP contribution in [0.25, 0.3) is 0 Å². The second kappa shape index (κ2) is 13.1. The Labute approximate surface area is 292 Å². The molecule has 16 heteroatoms. The van der Waals surface area contributed by atoms with Crippen molar-refractivity contribution in [2.24, 2.45) is 41.4 Å². The molecule has 2 N–H and O–H groups in total. The first-order valence-electron chi connectivity index (χ1n) is 18.2. The number of fused-ring (bicyclic) bond motifs is 2. The highest BCUT2D eigenvalue weighted by Gasteiger charge is 2.71. The molecule has 2 aliphatic carbocycles. The van der Waals surface area contributed by atoms with Crippen LogP contribution in [0.1, 0.15) is 85.5 Å². The topological polar surface area (TPSA) is 114 Å². The molecule has 6 aliphatic heterocycles. The van der Waals surface area contributed by atoms with Gasteiger partial charge in [0.05, 0.1) is 17.3 Å². The van der Waals surface area contributed by atoms with Crippen LogP contribution in [-0.4, -0.2) is 67.3 Å². The quantitative estimate of drug-likeness (QED) is 0.185. The van der Waals surface area contributed by atoms with Crippen molar-refractivity contribution in [2.75, 3.05) is 13.1 Å². The van der Waals surface area contributed by atoms with Crippen LogP contribution in [0.2, 0.25) is 0 Å². The maximum Gasteiger partial charge on any atom is 0.449 e. The van der Waals surface area contributed by atoms with Gasteiger partial charge in [-0.25, -0.2) is 9.78 Å². The average Bonchev–Trinajstić information content (AvgIpc) is 3.38. The molecule has 0 aromatic heterocycles. The van der Waals surface area contributed by atoms with Crippen LogP contribution in [0.15, 0.2) is 22.7 Å². The number of hydrogen-bond acceptors (Lipinski definition) is 8. The molecule has 2 bridgehead atoms. The van der Waals surface area contributed by atoms with Crippen molar-refractivity contribution in [2.45, 2.75) is 128 Å². The van der Waals surface area contributed by atoms with E-state index in [0.29, 0.717) is 38.5 Å². The lowest BCUT2D eigenvalue weighted by atomic mass is 9.59. The number of halogens is 6. The van der Waals surface area contributed by atoms with Crippen molar-refractivity contribution in [3.63, 3.8) is 0 Å². The summed E-state index contributed by atoms with van der Waals surface area (Å²) >= 11 is 0. The molecule has 2 amide bonds. The first kappa shape index (κ1) is 36.8. The lowest BCUT2D eigenvalue weighted by molar-refractivity contribution is -0.557. The largest absolute Gasteiger partial charge is 0.459 e. The summed E-state index contributed by atoms with van der Waals surface area (Å²) in [6, 6.07) is 0. The number of carbonyl (C=O) groups excluding carboxylic acids is 2. The minimum absolute atomic E-state index is 0.0264. The van der Waals surface area contributed by atoms with Crippen molar-refractivity contribution < 1.29 is 64.7 Å². The Morgan fingerprint density at radius 2 is 1.43 bits per heavy atom. The minimum Gasteiger partial charge on any atom is -0.459 e. The molecule has 6 fully saturated rings. The average molecular weight is 737 g/mol. The zero-order valence-corrected chi connectivity index (χ0v) is 29.1. The highest BCUT2D eigenvalue weighted by atomic mass is 19.4. The third kappa shape index (κ3) is 6.33. The number of ether oxygens (including phenoxy) is 4. The van der Waals surface area contributed by atoms with Crippen LogP contribution in [0.5, 0.6) is 0 Å². The molecule has 10 nitrogen and oxygen atoms in total. The first-order chi connectivity index (χ1) is 23.9. The van der Waals surface area contributed by atoms with Gasteiger partial charge in [-0.15, -0.1) is 0 Å². The first-order valence-corrected chi connectivity index (χ1v) is 18.2. The second-order valence-electron chi connectivity index (χ2n) is 15.7. The fraction of sp³-hybridized carbons (Fsp3) is 0.829. The van der Waals surface area contributed by atoms with Gasteiger partial charge in [-0.1, -0.05) is 13.8 Å². The molecule has 286 valence electrons. The molecule has 0 aromatic rings. The Bertz CT molecular complexity index is 1470. The monoisotopic (exact) mass is 736 g/mol. The number of alkyl halides is 6. The Morgan fingerprint density at radius 1 is 0.784 bits per heavy atom. The predicted molar refractivity (Wildman–Crippen MR) is 164 cm³/mol. The summed E-state index contributed by atoms with van der Waals surface area (Å²) in [5, 5.41) is 5.06. The third-order valence-electron chi connectivity index (χ3n) is 12.5. The highest BCUT2D eigenvalue weighted by Crippen LogP contribution is 2.61. The maximum absolute atomic E-state index is 14.5. The van der Waals surface area contributed by atoms with Crippen molar-refractivity contribution in [3.8, 4) is 0 Å². The summed E-state index contributed by atoms with van der Waals surface area (Å²) in [5.41, 5.74) is -2.52. The van der Waals surface area contributed by atoms with Crippen LogP contribution >= 0.6 is 0 Å². The van der Waals surface area contributed by atoms with E-state index >= 15 is 0 Å². The molecular formula is C35H46F6N2O8. The third-order valence-corrected chi connectivity index (χ3v) is 12.5. The van der Waals surface area contributed by atoms with E-state index in [1.807, 2.05) is 6.92 Å². The lowest BCUT2D eigenvalue weighted by Crippen LogP contribution is -2.68. The predicted octanol–water partition coefficient (Wildman–Crippen LogP) is 6.32. The normalized spacial score (nSPS) is 42.1. The van der Waals surface area contributed by atoms with Crippen molar-refractivity contribution in [1.29, 1.82) is 0 Å². The molecule has 4 unspecified atom stereocenters. The second-order valence-corrected chi connectivity index (χ2v) is 15.7. The van der Waals surface area contributed by atoms with Gasteiger partial charge in [0.25, 0.3) is 11.8 Å². The molecule has 2 saturated carbocycles. The highest BCUT2D eigenvalue weighted by molar-refractivity contribution is 5.95. The Hall–Kier alpha value is -2.56. The fourth-order valence-electron chi connectivity index (χ4n) is 10.1. The molecule has 4 saturated heterocycles. The van der Waals surface area contributed by atoms with Gasteiger partial charge in [0.15, 0.2) is 5.60 Å². The van der Waals surface area contributed by atoms with E-state index in [9.17, 15) is 35.9 Å². The van der Waals surface area contributed by atoms with E-state index < -0.39 is 88.6 Å². The lowest BCUT2D eigenvalue weighted by Gasteiger charge is -2.57. The zero-order valence-electron chi connectivity index (χ0n) is 29.1. The number of allylic oxidation sites excluding steroid dienone is 2. The van der Waals surface area contributed by atoms with E-state index in [-0.39, 0.29) is 55.7 Å². The molecule has 8 aliphatic rings. The van der Waals surface area contributed by atoms with E-state index in [1.165, 1.54) is 0 Å². The van der Waals surface area contributed by atoms with Crippen molar-refractivity contribution >= 4 is 11.8 Å². The van der Waals surface area contributed by atoms with Gasteiger partial charge in [-0.3, -0.25) is 9.59 Å². The van der Waals surface area contributed by atoms with Crippen LogP contribution in [-0.2, 0) is 38.3 Å². The SMILES string of the molecule is C[C@@H]1CCC2C(C(=O)NCCCNC(=O)C3=C(C(F)(F)F)O[C@@H]4O[C@@]5(C)CCC6[C@H](C)CC[C@@H]3[C@]64OO5)=C(C(F)(F)F)O[C@@H]3O[C@@H](C)CCC1C23. The standard InChI is InChI=1S/C35H46F6N2O8/c1-16-6-9-20-23-19(16)10-8-18(3)46-30(23)47-26(34(36,37)38)24(20)28(44)42-14-5-15-43-29(45)25-22-11-7-17(2)21-12-13-32(4)49-31(33(21,22)51-50-32)48-27(25)35(39,40)41/h16-23,30-31H,5-15H2,1-4H3,(H,42,44)(H,43,45)/t16-,17-,18+,19?,20?,21?,22+,23?,30+,31-,32-,33-/m1/s1. The zero-order chi connectivity index (χ0) is 36.7. The van der Waals surface area contributed by atoms with E-state index in [4.69, 9.17) is 28.7 Å². The van der Waals surface area contributed by atoms with Crippen molar-refractivity contribution in [1.82, 2.24) is 10.6 Å². The Balaban J connectivity index is 1.05. The van der Waals surface area contributed by atoms with Gasteiger partial charge in [-0.05, 0) is 83.0 Å². The maximum atomic E-state index is 14.5. The van der Waals surface area contributed by atoms with Crippen molar-refractivity contribution in [3.05, 3.63) is 22.7 Å². The Kier molecular flexibility index (Phi) is 9.43. The van der Waals surface area contributed by atoms with E-state index in [2.05, 4.69) is 17.6 Å². The Morgan fingerprint density at radius 3 is 2.12 bits per heavy atom. The van der Waals surface area contributed by atoms with Gasteiger partial charge < -0.3 is 29.6 Å². The molecule has 0 radical (unpaired) electrons. The fourth-order valence-corrected chi connectivity index (χ4v) is 10.1. The molecule has 51 heavy (non-hydrogen) atoms. The van der Waals surface area contributed by atoms with E-state index in [1.54, 1.807) is 13.8 Å². The number of nitrogens with one attached hydrogen (secondary N) is 2. The van der Waals surface area contributed by atoms with Crippen LogP contribution in [0.4, 0.5) is 26.3 Å². The van der Waals surface area contributed by atoms with E-state index in [0.717, 1.165) is 6.42 Å². The molecule has 6 heterocycles. The minimum atomic E-state index is -5.02. The summed E-state index contributed by atoms with van der Waals surface area (Å²) in [4.78, 5) is 38.7. The number of hydrogen-bond donors (Lipinski definition) is 2. The van der Waals surface area contributed by atoms with Gasteiger partial charge in [-0.2, -0.15) is 26.3 Å². The van der Waals surface area contributed by atoms with Gasteiger partial charge in [0.1, 0.15) is 0 Å². The molecule has 1 spiro atoms. The number of amides is 2. The molecular weight excluding hydrogens is 690 g/mol. The molecule has 0 aromatic carbocycles. The smallest absolute Gasteiger partial charge is 0.449 e. The summed E-state index contributed by atoms with van der Waals surface area (Å²) in [5.74, 6) is -8.21. The van der Waals surface area contributed by atoms with Gasteiger partial charge in [0.2, 0.25) is 29.9 Å². The van der Waals surface area contributed by atoms with Crippen LogP contribution < -0.4 is 10.6 Å². The van der Waals surface area contributed by atoms with Gasteiger partial charge in [0, 0.05) is 43.2 Å². The van der Waals surface area contributed by atoms with Crippen LogP contribution in [0.3, 0.4) is 0 Å². The summed E-state index contributed by atoms with van der Waals surface area (Å²) in [7, 11) is 0. The molecule has 12 atom stereocenters. The number of rotatable bonds is 6. The van der Waals surface area contributed by atoms with Gasteiger partial charge >= 0.3 is 12.4 Å².